The second kappa shape index (κ2) is 9.45. The topological polar surface area (TPSA) is 75.6 Å². The molecule has 1 fully saturated rings. The molecule has 0 N–H and O–H groups in total. The van der Waals surface area contributed by atoms with E-state index in [-0.39, 0.29) is 30.5 Å². The van der Waals surface area contributed by atoms with Crippen LogP contribution in [0.15, 0.2) is 36.7 Å². The lowest BCUT2D eigenvalue weighted by molar-refractivity contribution is -0.136. The Balaban J connectivity index is 1.58. The van der Waals surface area contributed by atoms with E-state index in [1.165, 1.54) is 0 Å². The number of hydrogen-bond donors (Lipinski definition) is 0. The van der Waals surface area contributed by atoms with Crippen LogP contribution in [0.1, 0.15) is 53.8 Å². The van der Waals surface area contributed by atoms with Gasteiger partial charge in [0.25, 0.3) is 11.8 Å². The highest BCUT2D eigenvalue weighted by Gasteiger charge is 2.38. The minimum absolute atomic E-state index is 0.0104. The molecular weight excluding hydrogens is 392 g/mol. The lowest BCUT2D eigenvalue weighted by Gasteiger charge is -2.45. The molecule has 31 heavy (non-hydrogen) atoms. The van der Waals surface area contributed by atoms with Crippen molar-refractivity contribution in [2.45, 2.75) is 57.5 Å². The zero-order valence-electron chi connectivity index (χ0n) is 18.3. The Morgan fingerprint density at radius 1 is 1.06 bits per heavy atom. The first-order valence-corrected chi connectivity index (χ1v) is 11.1. The fraction of sp³-hybridized carbons (Fsp3) is 0.500. The monoisotopic (exact) mass is 422 g/mol. The zero-order valence-corrected chi connectivity index (χ0v) is 18.3. The van der Waals surface area contributed by atoms with Crippen molar-refractivity contribution in [1.29, 1.82) is 0 Å². The Morgan fingerprint density at radius 2 is 1.81 bits per heavy atom. The summed E-state index contributed by atoms with van der Waals surface area (Å²) in [5, 5.41) is 0. The molecule has 0 bridgehead atoms. The predicted molar refractivity (Wildman–Crippen MR) is 117 cm³/mol. The van der Waals surface area contributed by atoms with E-state index in [9.17, 15) is 9.59 Å². The SMILES string of the molecule is Cc1ncc(C(=O)N2CCC[C@@H]3[C@H]2CCCCc2ccccc2OCC(=O)N3C)cn1. The van der Waals surface area contributed by atoms with Crippen molar-refractivity contribution in [3.8, 4) is 5.75 Å². The summed E-state index contributed by atoms with van der Waals surface area (Å²) in [6.07, 6.45) is 8.70. The van der Waals surface area contributed by atoms with Crippen LogP contribution in [0.25, 0.3) is 0 Å². The van der Waals surface area contributed by atoms with Gasteiger partial charge >= 0.3 is 0 Å². The van der Waals surface area contributed by atoms with Crippen LogP contribution in [-0.2, 0) is 11.2 Å². The van der Waals surface area contributed by atoms with Crippen molar-refractivity contribution < 1.29 is 14.3 Å². The number of fused-ring (bicyclic) bond motifs is 2. The fourth-order valence-corrected chi connectivity index (χ4v) is 4.70. The summed E-state index contributed by atoms with van der Waals surface area (Å²) in [4.78, 5) is 38.4. The molecule has 2 aliphatic heterocycles. The van der Waals surface area contributed by atoms with Gasteiger partial charge in [0.1, 0.15) is 11.6 Å². The first-order chi connectivity index (χ1) is 15.0. The summed E-state index contributed by atoms with van der Waals surface area (Å²) in [5.41, 5.74) is 1.63. The third-order valence-corrected chi connectivity index (χ3v) is 6.44. The third-order valence-electron chi connectivity index (χ3n) is 6.44. The van der Waals surface area contributed by atoms with E-state index in [1.54, 1.807) is 24.2 Å². The number of benzene rings is 1. The number of amides is 2. The molecule has 0 unspecified atom stereocenters. The van der Waals surface area contributed by atoms with Crippen molar-refractivity contribution in [2.75, 3.05) is 20.2 Å². The quantitative estimate of drug-likeness (QED) is 0.706. The number of piperidine rings is 1. The van der Waals surface area contributed by atoms with E-state index >= 15 is 0 Å². The number of rotatable bonds is 1. The van der Waals surface area contributed by atoms with Gasteiger partial charge in [0, 0.05) is 26.0 Å². The van der Waals surface area contributed by atoms with Crippen molar-refractivity contribution in [3.05, 3.63) is 53.6 Å². The van der Waals surface area contributed by atoms with Gasteiger partial charge in [-0.2, -0.15) is 0 Å². The van der Waals surface area contributed by atoms with Gasteiger partial charge in [-0.05, 0) is 50.7 Å². The molecule has 4 rings (SSSR count). The number of carbonyl (C=O) groups excluding carboxylic acids is 2. The number of para-hydroxylation sites is 1. The van der Waals surface area contributed by atoms with Crippen molar-refractivity contribution in [3.63, 3.8) is 0 Å². The summed E-state index contributed by atoms with van der Waals surface area (Å²) >= 11 is 0. The van der Waals surface area contributed by atoms with Gasteiger partial charge in [-0.25, -0.2) is 9.97 Å². The Bertz CT molecular complexity index is 931. The highest BCUT2D eigenvalue weighted by molar-refractivity contribution is 5.94. The maximum Gasteiger partial charge on any atom is 0.260 e. The summed E-state index contributed by atoms with van der Waals surface area (Å²) in [6.45, 7) is 2.50. The van der Waals surface area contributed by atoms with Crippen molar-refractivity contribution in [1.82, 2.24) is 19.8 Å². The molecule has 0 radical (unpaired) electrons. The second-order valence-corrected chi connectivity index (χ2v) is 8.44. The molecule has 0 spiro atoms. The molecule has 2 aliphatic rings. The summed E-state index contributed by atoms with van der Waals surface area (Å²) in [7, 11) is 1.84. The van der Waals surface area contributed by atoms with Crippen LogP contribution in [0, 0.1) is 6.92 Å². The van der Waals surface area contributed by atoms with Gasteiger partial charge in [-0.3, -0.25) is 9.59 Å². The second-order valence-electron chi connectivity index (χ2n) is 8.44. The molecule has 0 aliphatic carbocycles. The number of likely N-dealkylation sites (N-methyl/N-ethyl adjacent to an activating group) is 1. The molecule has 2 atom stereocenters. The zero-order chi connectivity index (χ0) is 21.8. The highest BCUT2D eigenvalue weighted by Crippen LogP contribution is 2.29. The summed E-state index contributed by atoms with van der Waals surface area (Å²) in [6, 6.07) is 7.90. The van der Waals surface area contributed by atoms with E-state index in [2.05, 4.69) is 16.0 Å². The van der Waals surface area contributed by atoms with Crippen molar-refractivity contribution in [2.24, 2.45) is 0 Å². The average Bonchev–Trinajstić information content (AvgIpc) is 2.79. The lowest BCUT2D eigenvalue weighted by atomic mass is 9.89. The van der Waals surface area contributed by atoms with Gasteiger partial charge in [-0.15, -0.1) is 0 Å². The van der Waals surface area contributed by atoms with Gasteiger partial charge in [0.15, 0.2) is 6.61 Å². The molecule has 7 nitrogen and oxygen atoms in total. The molecular formula is C24H30N4O3. The number of aromatic nitrogens is 2. The summed E-state index contributed by atoms with van der Waals surface area (Å²) < 4.78 is 5.89. The first kappa shape index (κ1) is 21.3. The maximum absolute atomic E-state index is 13.3. The highest BCUT2D eigenvalue weighted by atomic mass is 16.5. The molecule has 3 heterocycles. The van der Waals surface area contributed by atoms with E-state index in [1.807, 2.05) is 30.1 Å². The minimum atomic E-state index is -0.0571. The number of aryl methyl sites for hydroxylation is 2. The van der Waals surface area contributed by atoms with E-state index in [0.717, 1.165) is 49.8 Å². The van der Waals surface area contributed by atoms with Gasteiger partial charge in [-0.1, -0.05) is 24.6 Å². The van der Waals surface area contributed by atoms with E-state index in [0.29, 0.717) is 17.9 Å². The fourth-order valence-electron chi connectivity index (χ4n) is 4.70. The van der Waals surface area contributed by atoms with Gasteiger partial charge in [0.2, 0.25) is 0 Å². The van der Waals surface area contributed by atoms with Crippen LogP contribution in [0.2, 0.25) is 0 Å². The Kier molecular flexibility index (Phi) is 6.49. The van der Waals surface area contributed by atoms with E-state index < -0.39 is 0 Å². The van der Waals surface area contributed by atoms with Crippen molar-refractivity contribution >= 4 is 11.8 Å². The van der Waals surface area contributed by atoms with Gasteiger partial charge in [0.05, 0.1) is 17.6 Å². The Hall–Kier alpha value is -2.96. The average molecular weight is 423 g/mol. The van der Waals surface area contributed by atoms with Crippen LogP contribution in [0.5, 0.6) is 5.75 Å². The molecule has 2 amide bonds. The molecule has 164 valence electrons. The lowest BCUT2D eigenvalue weighted by Crippen LogP contribution is -2.58. The number of nitrogens with zero attached hydrogens (tertiary/aromatic N) is 4. The molecule has 2 aromatic rings. The molecule has 7 heteroatoms. The predicted octanol–water partition coefficient (Wildman–Crippen LogP) is 3.02. The minimum Gasteiger partial charge on any atom is -0.483 e. The third kappa shape index (κ3) is 4.70. The molecule has 1 saturated heterocycles. The van der Waals surface area contributed by atoms with Crippen LogP contribution in [0.3, 0.4) is 0 Å². The largest absolute Gasteiger partial charge is 0.483 e. The van der Waals surface area contributed by atoms with Crippen LogP contribution in [0.4, 0.5) is 0 Å². The Morgan fingerprint density at radius 3 is 2.61 bits per heavy atom. The number of hydrogen-bond acceptors (Lipinski definition) is 5. The maximum atomic E-state index is 13.3. The Labute approximate surface area is 183 Å². The summed E-state index contributed by atoms with van der Waals surface area (Å²) in [5.74, 6) is 1.33. The molecule has 1 aromatic carbocycles. The van der Waals surface area contributed by atoms with Crippen LogP contribution < -0.4 is 4.74 Å². The van der Waals surface area contributed by atoms with Crippen LogP contribution in [-0.4, -0.2) is 63.9 Å². The van der Waals surface area contributed by atoms with E-state index in [4.69, 9.17) is 4.74 Å². The standard InChI is InChI=1S/C24H30N4O3/c1-17-25-14-19(15-26-17)24(30)28-13-7-11-20-21(28)10-5-3-8-18-9-4-6-12-22(18)31-16-23(29)27(20)2/h4,6,9,12,14-15,20-21H,3,5,7-8,10-11,13,16H2,1-2H3/t20-,21-/m1/s1. The number of likely N-dealkylation sites (tertiary alicyclic amines) is 1. The molecule has 1 aromatic heterocycles. The normalized spacial score (nSPS) is 22.5. The smallest absolute Gasteiger partial charge is 0.260 e. The molecule has 0 saturated carbocycles. The number of carbonyl (C=O) groups is 2. The van der Waals surface area contributed by atoms with Gasteiger partial charge < -0.3 is 14.5 Å². The van der Waals surface area contributed by atoms with Crippen LogP contribution >= 0.6 is 0 Å². The first-order valence-electron chi connectivity index (χ1n) is 11.1. The number of ether oxygens (including phenoxy) is 1.